The van der Waals surface area contributed by atoms with E-state index < -0.39 is 10.2 Å². The average Bonchev–Trinajstić information content (AvgIpc) is 2.81. The molecular weight excluding hydrogens is 476 g/mol. The van der Waals surface area contributed by atoms with Gasteiger partial charge in [-0.05, 0) is 73.5 Å². The first-order chi connectivity index (χ1) is 16.2. The van der Waals surface area contributed by atoms with Crippen LogP contribution in [0.2, 0.25) is 5.02 Å². The number of hydrogen-bond acceptors (Lipinski definition) is 4. The van der Waals surface area contributed by atoms with Gasteiger partial charge in [0.2, 0.25) is 0 Å². The molecule has 0 atom stereocenters. The summed E-state index contributed by atoms with van der Waals surface area (Å²) in [5.41, 5.74) is 3.17. The Labute approximate surface area is 203 Å². The van der Waals surface area contributed by atoms with Crippen LogP contribution in [-0.2, 0) is 10.2 Å². The van der Waals surface area contributed by atoms with Gasteiger partial charge in [-0.1, -0.05) is 23.7 Å². The zero-order valence-electron chi connectivity index (χ0n) is 18.3. The first kappa shape index (κ1) is 23.7. The zero-order chi connectivity index (χ0) is 24.3. The van der Waals surface area contributed by atoms with Gasteiger partial charge in [0, 0.05) is 40.6 Å². The summed E-state index contributed by atoms with van der Waals surface area (Å²) >= 11 is 5.97. The van der Waals surface area contributed by atoms with E-state index in [-0.39, 0.29) is 11.8 Å². The van der Waals surface area contributed by atoms with E-state index in [1.165, 1.54) is 4.31 Å². The van der Waals surface area contributed by atoms with Crippen molar-refractivity contribution in [3.05, 3.63) is 88.4 Å². The second kappa shape index (κ2) is 9.84. The molecule has 0 aromatic heterocycles. The SMILES string of the molecule is Cc1ccc(NC(=O)c2ccc(N3CCCNS3(=O)=O)cc2)cc1NC(=O)c1cccc(Cl)c1. The van der Waals surface area contributed by atoms with Crippen LogP contribution < -0.4 is 19.7 Å². The molecule has 176 valence electrons. The van der Waals surface area contributed by atoms with Crippen LogP contribution in [0.1, 0.15) is 32.7 Å². The van der Waals surface area contributed by atoms with Crippen LogP contribution in [0.25, 0.3) is 0 Å². The number of amides is 2. The lowest BCUT2D eigenvalue weighted by Crippen LogP contribution is -2.47. The Morgan fingerprint density at radius 2 is 1.68 bits per heavy atom. The standard InChI is InChI=1S/C24H23ClN4O4S/c1-16-6-9-20(15-22(16)28-24(31)18-4-2-5-19(25)14-18)27-23(30)17-7-10-21(11-8-17)29-13-3-12-26-34(29,32)33/h2,4-11,14-15,26H,3,12-13H2,1H3,(H,27,30)(H,28,31). The van der Waals surface area contributed by atoms with Gasteiger partial charge in [-0.3, -0.25) is 13.9 Å². The highest BCUT2D eigenvalue weighted by Crippen LogP contribution is 2.24. The minimum atomic E-state index is -3.56. The topological polar surface area (TPSA) is 108 Å². The number of aryl methyl sites for hydroxylation is 1. The lowest BCUT2D eigenvalue weighted by atomic mass is 10.1. The summed E-state index contributed by atoms with van der Waals surface area (Å²) < 4.78 is 28.1. The van der Waals surface area contributed by atoms with Crippen LogP contribution in [0.3, 0.4) is 0 Å². The molecule has 1 aliphatic rings. The van der Waals surface area contributed by atoms with Crippen LogP contribution >= 0.6 is 11.6 Å². The van der Waals surface area contributed by atoms with Crippen LogP contribution in [0, 0.1) is 6.92 Å². The Kier molecular flexibility index (Phi) is 6.87. The molecule has 4 rings (SSSR count). The molecule has 3 N–H and O–H groups in total. The summed E-state index contributed by atoms with van der Waals surface area (Å²) in [6, 6.07) is 18.2. The van der Waals surface area contributed by atoms with E-state index in [0.717, 1.165) is 5.56 Å². The quantitative estimate of drug-likeness (QED) is 0.490. The largest absolute Gasteiger partial charge is 0.322 e. The summed E-state index contributed by atoms with van der Waals surface area (Å²) in [7, 11) is -3.56. The summed E-state index contributed by atoms with van der Waals surface area (Å²) in [6.07, 6.45) is 0.699. The lowest BCUT2D eigenvalue weighted by Gasteiger charge is -2.28. The Bertz CT molecular complexity index is 1340. The summed E-state index contributed by atoms with van der Waals surface area (Å²) in [4.78, 5) is 25.3. The molecule has 0 aliphatic carbocycles. The molecule has 1 heterocycles. The van der Waals surface area contributed by atoms with Gasteiger partial charge in [0.1, 0.15) is 0 Å². The second-order valence-electron chi connectivity index (χ2n) is 7.82. The molecular formula is C24H23ClN4O4S. The van der Waals surface area contributed by atoms with Crippen LogP contribution in [0.5, 0.6) is 0 Å². The van der Waals surface area contributed by atoms with Crippen molar-refractivity contribution in [3.8, 4) is 0 Å². The fourth-order valence-corrected chi connectivity index (χ4v) is 5.05. The van der Waals surface area contributed by atoms with E-state index in [9.17, 15) is 18.0 Å². The maximum absolute atomic E-state index is 12.7. The normalized spacial score (nSPS) is 14.9. The van der Waals surface area contributed by atoms with Gasteiger partial charge >= 0.3 is 10.2 Å². The van der Waals surface area contributed by atoms with Crippen molar-refractivity contribution in [1.82, 2.24) is 4.72 Å². The molecule has 3 aromatic carbocycles. The number of rotatable bonds is 5. The monoisotopic (exact) mass is 498 g/mol. The van der Waals surface area contributed by atoms with E-state index in [1.54, 1.807) is 66.7 Å². The highest BCUT2D eigenvalue weighted by molar-refractivity contribution is 7.90. The first-order valence-corrected chi connectivity index (χ1v) is 12.4. The molecule has 0 bridgehead atoms. The zero-order valence-corrected chi connectivity index (χ0v) is 19.9. The minimum absolute atomic E-state index is 0.313. The van der Waals surface area contributed by atoms with E-state index >= 15 is 0 Å². The number of nitrogens with zero attached hydrogens (tertiary/aromatic N) is 1. The molecule has 0 spiro atoms. The predicted molar refractivity (Wildman–Crippen MR) is 134 cm³/mol. The highest BCUT2D eigenvalue weighted by Gasteiger charge is 2.25. The molecule has 0 radical (unpaired) electrons. The predicted octanol–water partition coefficient (Wildman–Crippen LogP) is 4.20. The van der Waals surface area contributed by atoms with Gasteiger partial charge in [0.25, 0.3) is 11.8 Å². The van der Waals surface area contributed by atoms with E-state index in [4.69, 9.17) is 11.6 Å². The van der Waals surface area contributed by atoms with Gasteiger partial charge in [-0.15, -0.1) is 0 Å². The van der Waals surface area contributed by atoms with Crippen LogP contribution in [-0.4, -0.2) is 33.3 Å². The van der Waals surface area contributed by atoms with Crippen LogP contribution in [0.4, 0.5) is 17.1 Å². The minimum Gasteiger partial charge on any atom is -0.322 e. The molecule has 8 nitrogen and oxygen atoms in total. The van der Waals surface area contributed by atoms with E-state index in [0.29, 0.717) is 52.7 Å². The number of carbonyl (C=O) groups excluding carboxylic acids is 2. The molecule has 10 heteroatoms. The Morgan fingerprint density at radius 3 is 2.38 bits per heavy atom. The molecule has 1 aliphatic heterocycles. The number of carbonyl (C=O) groups is 2. The Balaban J connectivity index is 1.46. The summed E-state index contributed by atoms with van der Waals surface area (Å²) in [5, 5.41) is 6.11. The van der Waals surface area contributed by atoms with Crippen molar-refractivity contribution in [3.63, 3.8) is 0 Å². The maximum Gasteiger partial charge on any atom is 0.301 e. The number of nitrogens with one attached hydrogen (secondary N) is 3. The number of anilines is 3. The number of hydrogen-bond donors (Lipinski definition) is 3. The maximum atomic E-state index is 12.7. The van der Waals surface area contributed by atoms with Crippen molar-refractivity contribution in [2.45, 2.75) is 13.3 Å². The smallest absolute Gasteiger partial charge is 0.301 e. The third-order valence-electron chi connectivity index (χ3n) is 5.36. The molecule has 0 saturated carbocycles. The third-order valence-corrected chi connectivity index (χ3v) is 7.14. The molecule has 34 heavy (non-hydrogen) atoms. The Morgan fingerprint density at radius 1 is 0.941 bits per heavy atom. The fourth-order valence-electron chi connectivity index (χ4n) is 3.53. The molecule has 0 unspecified atom stereocenters. The van der Waals surface area contributed by atoms with Gasteiger partial charge < -0.3 is 10.6 Å². The van der Waals surface area contributed by atoms with Gasteiger partial charge in [-0.25, -0.2) is 0 Å². The number of halogens is 1. The van der Waals surface area contributed by atoms with Crippen molar-refractivity contribution in [2.24, 2.45) is 0 Å². The molecule has 1 fully saturated rings. The van der Waals surface area contributed by atoms with Crippen molar-refractivity contribution >= 4 is 50.7 Å². The van der Waals surface area contributed by atoms with E-state index in [1.807, 2.05) is 6.92 Å². The lowest BCUT2D eigenvalue weighted by molar-refractivity contribution is 0.101. The van der Waals surface area contributed by atoms with Crippen molar-refractivity contribution < 1.29 is 18.0 Å². The fraction of sp³-hybridized carbons (Fsp3) is 0.167. The molecule has 2 amide bonds. The Hall–Kier alpha value is -3.40. The van der Waals surface area contributed by atoms with Crippen molar-refractivity contribution in [1.29, 1.82) is 0 Å². The summed E-state index contributed by atoms with van der Waals surface area (Å²) in [5.74, 6) is -0.672. The highest BCUT2D eigenvalue weighted by atomic mass is 35.5. The second-order valence-corrected chi connectivity index (χ2v) is 9.94. The van der Waals surface area contributed by atoms with Gasteiger partial charge in [0.15, 0.2) is 0 Å². The molecule has 1 saturated heterocycles. The number of benzene rings is 3. The average molecular weight is 499 g/mol. The van der Waals surface area contributed by atoms with Crippen molar-refractivity contribution in [2.75, 3.05) is 28.0 Å². The summed E-state index contributed by atoms with van der Waals surface area (Å²) in [6.45, 7) is 2.65. The van der Waals surface area contributed by atoms with Crippen LogP contribution in [0.15, 0.2) is 66.7 Å². The third kappa shape index (κ3) is 5.39. The van der Waals surface area contributed by atoms with Gasteiger partial charge in [-0.2, -0.15) is 13.1 Å². The first-order valence-electron chi connectivity index (χ1n) is 10.6. The van der Waals surface area contributed by atoms with E-state index in [2.05, 4.69) is 15.4 Å². The van der Waals surface area contributed by atoms with Gasteiger partial charge in [0.05, 0.1) is 5.69 Å². The molecule has 3 aromatic rings.